The number of carbonyl (C=O) groups is 1. The third-order valence-corrected chi connectivity index (χ3v) is 3.29. The number of carboxylic acid groups (broad SMARTS) is 1. The molecule has 0 saturated carbocycles. The molecule has 2 aromatic rings. The van der Waals surface area contributed by atoms with Crippen LogP contribution in [0, 0.1) is 0 Å². The van der Waals surface area contributed by atoms with E-state index in [2.05, 4.69) is 15.5 Å². The molecule has 3 N–H and O–H groups in total. The molecule has 2 heterocycles. The van der Waals surface area contributed by atoms with E-state index in [9.17, 15) is 9.90 Å². The van der Waals surface area contributed by atoms with Gasteiger partial charge in [-0.05, 0) is 17.9 Å². The smallest absolute Gasteiger partial charge is 0.404 e. The molecule has 0 aliphatic rings. The molecule has 0 aliphatic heterocycles. The Morgan fingerprint density at radius 2 is 2.42 bits per heavy atom. The van der Waals surface area contributed by atoms with Gasteiger partial charge in [0.05, 0.1) is 11.6 Å². The van der Waals surface area contributed by atoms with E-state index in [1.165, 1.54) is 11.3 Å². The maximum Gasteiger partial charge on any atom is 0.404 e. The first kappa shape index (κ1) is 13.5. The van der Waals surface area contributed by atoms with E-state index in [1.54, 1.807) is 6.92 Å². The van der Waals surface area contributed by atoms with Crippen molar-refractivity contribution in [2.45, 2.75) is 25.5 Å². The molecule has 2 rings (SSSR count). The van der Waals surface area contributed by atoms with Crippen molar-refractivity contribution in [1.82, 2.24) is 15.5 Å². The molecule has 1 unspecified atom stereocenters. The summed E-state index contributed by atoms with van der Waals surface area (Å²) in [6, 6.07) is 1.15. The molecule has 0 fully saturated rings. The van der Waals surface area contributed by atoms with Crippen molar-refractivity contribution in [3.8, 4) is 11.5 Å². The molecule has 1 amide bonds. The quantitative estimate of drug-likeness (QED) is 0.773. The van der Waals surface area contributed by atoms with Crippen molar-refractivity contribution in [3.05, 3.63) is 22.7 Å². The Labute approximate surface area is 112 Å². The summed E-state index contributed by atoms with van der Waals surface area (Å²) in [6.07, 6.45) is -1.93. The van der Waals surface area contributed by atoms with Crippen LogP contribution in [0.15, 0.2) is 21.3 Å². The summed E-state index contributed by atoms with van der Waals surface area (Å²) in [6.45, 7) is 1.75. The topological polar surface area (TPSA) is 108 Å². The lowest BCUT2D eigenvalue weighted by Gasteiger charge is -2.18. The monoisotopic (exact) mass is 283 g/mol. The van der Waals surface area contributed by atoms with Crippen LogP contribution in [0.1, 0.15) is 25.3 Å². The summed E-state index contributed by atoms with van der Waals surface area (Å²) in [7, 11) is 0. The highest BCUT2D eigenvalue weighted by Gasteiger charge is 2.26. The zero-order valence-corrected chi connectivity index (χ0v) is 10.9. The van der Waals surface area contributed by atoms with Gasteiger partial charge < -0.3 is 20.1 Å². The molecule has 0 bridgehead atoms. The second kappa shape index (κ2) is 5.81. The molecule has 0 radical (unpaired) electrons. The van der Waals surface area contributed by atoms with E-state index < -0.39 is 18.2 Å². The number of aliphatic hydroxyl groups excluding tert-OH is 1. The number of hydrogen-bond donors (Lipinski definition) is 3. The highest BCUT2D eigenvalue weighted by atomic mass is 32.1. The zero-order valence-electron chi connectivity index (χ0n) is 10.1. The summed E-state index contributed by atoms with van der Waals surface area (Å²) in [5, 5.41) is 28.3. The van der Waals surface area contributed by atoms with E-state index in [1.807, 2.05) is 16.8 Å². The van der Waals surface area contributed by atoms with Crippen LogP contribution in [0.2, 0.25) is 0 Å². The molecule has 0 saturated heterocycles. The average molecular weight is 283 g/mol. The van der Waals surface area contributed by atoms with Crippen LogP contribution in [0.3, 0.4) is 0 Å². The number of nitrogens with zero attached hydrogens (tertiary/aromatic N) is 2. The first-order valence-electron chi connectivity index (χ1n) is 5.65. The van der Waals surface area contributed by atoms with Crippen molar-refractivity contribution in [1.29, 1.82) is 0 Å². The Hall–Kier alpha value is -1.93. The summed E-state index contributed by atoms with van der Waals surface area (Å²) in [5.41, 5.74) is 0.773. The molecule has 7 nitrogen and oxygen atoms in total. The van der Waals surface area contributed by atoms with E-state index >= 15 is 0 Å². The zero-order chi connectivity index (χ0) is 13.8. The summed E-state index contributed by atoms with van der Waals surface area (Å²) in [4.78, 5) is 14.7. The van der Waals surface area contributed by atoms with Crippen LogP contribution in [-0.4, -0.2) is 32.5 Å². The molecular formula is C11H13N3O4S. The maximum atomic E-state index is 10.6. The third-order valence-electron chi connectivity index (χ3n) is 2.60. The van der Waals surface area contributed by atoms with Gasteiger partial charge in [0.25, 0.3) is 5.89 Å². The first-order chi connectivity index (χ1) is 9.11. The van der Waals surface area contributed by atoms with Crippen LogP contribution >= 0.6 is 11.3 Å². The minimum absolute atomic E-state index is 0.0711. The van der Waals surface area contributed by atoms with Gasteiger partial charge in [0.2, 0.25) is 5.82 Å². The molecule has 102 valence electrons. The van der Waals surface area contributed by atoms with Crippen LogP contribution in [0.25, 0.3) is 11.5 Å². The average Bonchev–Trinajstić information content (AvgIpc) is 3.04. The number of hydrogen-bond acceptors (Lipinski definition) is 6. The number of rotatable bonds is 5. The SMILES string of the molecule is CC[C@H](NC(=O)O)C(O)c1noc(-c2ccsc2)n1. The predicted molar refractivity (Wildman–Crippen MR) is 67.8 cm³/mol. The summed E-state index contributed by atoms with van der Waals surface area (Å²) in [5.74, 6) is 0.377. The second-order valence-electron chi connectivity index (χ2n) is 3.88. The predicted octanol–water partition coefficient (Wildman–Crippen LogP) is 1.88. The van der Waals surface area contributed by atoms with Crippen LogP contribution in [0.4, 0.5) is 4.79 Å². The van der Waals surface area contributed by atoms with Gasteiger partial charge in [-0.1, -0.05) is 12.1 Å². The fraction of sp³-hybridized carbons (Fsp3) is 0.364. The Balaban J connectivity index is 2.15. The van der Waals surface area contributed by atoms with Gasteiger partial charge in [-0.2, -0.15) is 16.3 Å². The third kappa shape index (κ3) is 3.09. The van der Waals surface area contributed by atoms with Crippen LogP contribution < -0.4 is 5.32 Å². The second-order valence-corrected chi connectivity index (χ2v) is 4.66. The summed E-state index contributed by atoms with van der Waals surface area (Å²) >= 11 is 1.49. The lowest BCUT2D eigenvalue weighted by Crippen LogP contribution is -2.38. The maximum absolute atomic E-state index is 10.6. The first-order valence-corrected chi connectivity index (χ1v) is 6.59. The standard InChI is InChI=1S/C11H13N3O4S/c1-2-7(12-11(16)17)8(15)9-13-10(18-14-9)6-3-4-19-5-6/h3-5,7-8,12,15H,2H2,1H3,(H,16,17)/t7-,8?/m0/s1. The largest absolute Gasteiger partial charge is 0.465 e. The van der Waals surface area contributed by atoms with Crippen LogP contribution in [0.5, 0.6) is 0 Å². The molecule has 0 aliphatic carbocycles. The number of aliphatic hydroxyl groups is 1. The molecule has 0 spiro atoms. The highest BCUT2D eigenvalue weighted by molar-refractivity contribution is 7.08. The van der Waals surface area contributed by atoms with Gasteiger partial charge in [-0.3, -0.25) is 0 Å². The lowest BCUT2D eigenvalue weighted by molar-refractivity contribution is 0.109. The number of thiophene rings is 1. The number of amides is 1. The highest BCUT2D eigenvalue weighted by Crippen LogP contribution is 2.23. The van der Waals surface area contributed by atoms with Gasteiger partial charge in [0.1, 0.15) is 6.10 Å². The van der Waals surface area contributed by atoms with Crippen LogP contribution in [-0.2, 0) is 0 Å². The lowest BCUT2D eigenvalue weighted by atomic mass is 10.1. The van der Waals surface area contributed by atoms with Crippen molar-refractivity contribution in [2.75, 3.05) is 0 Å². The molecular weight excluding hydrogens is 270 g/mol. The Morgan fingerprint density at radius 3 is 3.00 bits per heavy atom. The minimum atomic E-state index is -1.20. The van der Waals surface area contributed by atoms with Gasteiger partial charge in [0, 0.05) is 5.38 Å². The molecule has 8 heteroatoms. The minimum Gasteiger partial charge on any atom is -0.465 e. The van der Waals surface area contributed by atoms with Gasteiger partial charge in [-0.15, -0.1) is 0 Å². The normalized spacial score (nSPS) is 14.0. The van der Waals surface area contributed by atoms with E-state index in [0.29, 0.717) is 12.3 Å². The Kier molecular flexibility index (Phi) is 4.13. The van der Waals surface area contributed by atoms with Gasteiger partial charge in [0.15, 0.2) is 0 Å². The molecule has 2 aromatic heterocycles. The Bertz CT molecular complexity index is 540. The fourth-order valence-electron chi connectivity index (χ4n) is 1.60. The van der Waals surface area contributed by atoms with E-state index in [4.69, 9.17) is 9.63 Å². The van der Waals surface area contributed by atoms with Crippen molar-refractivity contribution >= 4 is 17.4 Å². The van der Waals surface area contributed by atoms with Gasteiger partial charge >= 0.3 is 6.09 Å². The van der Waals surface area contributed by atoms with Crippen molar-refractivity contribution in [2.24, 2.45) is 0 Å². The number of nitrogens with one attached hydrogen (secondary N) is 1. The number of aromatic nitrogens is 2. The van der Waals surface area contributed by atoms with Gasteiger partial charge in [-0.25, -0.2) is 4.79 Å². The van der Waals surface area contributed by atoms with Crippen molar-refractivity contribution < 1.29 is 19.5 Å². The molecule has 0 aromatic carbocycles. The molecule has 2 atom stereocenters. The summed E-state index contributed by atoms with van der Waals surface area (Å²) < 4.78 is 5.04. The Morgan fingerprint density at radius 1 is 1.63 bits per heavy atom. The molecule has 19 heavy (non-hydrogen) atoms. The van der Waals surface area contributed by atoms with E-state index in [0.717, 1.165) is 5.56 Å². The van der Waals surface area contributed by atoms with E-state index in [-0.39, 0.29) is 5.82 Å². The van der Waals surface area contributed by atoms with Crippen molar-refractivity contribution in [3.63, 3.8) is 0 Å². The fourth-order valence-corrected chi connectivity index (χ4v) is 2.23.